The van der Waals surface area contributed by atoms with Gasteiger partial charge in [-0.05, 0) is 38.0 Å². The first-order chi connectivity index (χ1) is 8.99. The van der Waals surface area contributed by atoms with Gasteiger partial charge in [0.25, 0.3) is 0 Å². The number of nitrogens with zero attached hydrogens (tertiary/aromatic N) is 1. The van der Waals surface area contributed by atoms with Crippen molar-refractivity contribution in [1.82, 2.24) is 10.2 Å². The Morgan fingerprint density at radius 2 is 1.84 bits per heavy atom. The summed E-state index contributed by atoms with van der Waals surface area (Å²) in [5.74, 6) is -0.186. The molecule has 0 bridgehead atoms. The smallest absolute Gasteiger partial charge is 0.326 e. The van der Waals surface area contributed by atoms with Crippen LogP contribution in [0, 0.1) is 5.92 Å². The highest BCUT2D eigenvalue weighted by Crippen LogP contribution is 2.28. The SMILES string of the molecule is CCC1CCC(N(C)C(=O)N[C@H](CC)C(=O)O)CC1. The lowest BCUT2D eigenvalue weighted by atomic mass is 9.84. The van der Waals surface area contributed by atoms with Crippen LogP contribution in [0.4, 0.5) is 4.79 Å². The Labute approximate surface area is 115 Å². The molecule has 0 spiro atoms. The van der Waals surface area contributed by atoms with E-state index in [2.05, 4.69) is 12.2 Å². The highest BCUT2D eigenvalue weighted by atomic mass is 16.4. The second-order valence-electron chi connectivity index (χ2n) is 5.44. The first-order valence-corrected chi connectivity index (χ1v) is 7.25. The summed E-state index contributed by atoms with van der Waals surface area (Å²) in [4.78, 5) is 24.6. The average molecular weight is 270 g/mol. The summed E-state index contributed by atoms with van der Waals surface area (Å²) in [6.07, 6.45) is 5.97. The maximum absolute atomic E-state index is 12.0. The van der Waals surface area contributed by atoms with Gasteiger partial charge in [-0.15, -0.1) is 0 Å². The van der Waals surface area contributed by atoms with Gasteiger partial charge in [-0.25, -0.2) is 9.59 Å². The number of hydrogen-bond donors (Lipinski definition) is 2. The van der Waals surface area contributed by atoms with Gasteiger partial charge in [0.15, 0.2) is 0 Å². The first kappa shape index (κ1) is 15.8. The summed E-state index contributed by atoms with van der Waals surface area (Å²) >= 11 is 0. The molecule has 1 saturated carbocycles. The third-order valence-corrected chi connectivity index (χ3v) is 4.27. The van der Waals surface area contributed by atoms with Crippen LogP contribution in [0.1, 0.15) is 52.4 Å². The predicted molar refractivity (Wildman–Crippen MR) is 74.0 cm³/mol. The predicted octanol–water partition coefficient (Wildman–Crippen LogP) is 2.46. The van der Waals surface area contributed by atoms with Crippen LogP contribution in [0.25, 0.3) is 0 Å². The minimum atomic E-state index is -0.973. The van der Waals surface area contributed by atoms with Crippen LogP contribution in [0.5, 0.6) is 0 Å². The number of urea groups is 1. The van der Waals surface area contributed by atoms with Crippen molar-refractivity contribution in [3.8, 4) is 0 Å². The van der Waals surface area contributed by atoms with Gasteiger partial charge in [-0.1, -0.05) is 20.3 Å². The molecule has 1 rings (SSSR count). The van der Waals surface area contributed by atoms with E-state index in [0.29, 0.717) is 6.42 Å². The maximum Gasteiger partial charge on any atom is 0.326 e. The molecule has 1 aliphatic rings. The molecule has 0 aromatic rings. The lowest BCUT2D eigenvalue weighted by Gasteiger charge is -2.34. The molecule has 0 saturated heterocycles. The fourth-order valence-electron chi connectivity index (χ4n) is 2.70. The number of carbonyl (C=O) groups excluding carboxylic acids is 1. The van der Waals surface area contributed by atoms with E-state index in [-0.39, 0.29) is 12.1 Å². The second-order valence-corrected chi connectivity index (χ2v) is 5.44. The number of rotatable bonds is 5. The van der Waals surface area contributed by atoms with Crippen molar-refractivity contribution < 1.29 is 14.7 Å². The van der Waals surface area contributed by atoms with Crippen molar-refractivity contribution in [3.05, 3.63) is 0 Å². The van der Waals surface area contributed by atoms with Crippen molar-refractivity contribution in [1.29, 1.82) is 0 Å². The molecule has 0 aromatic heterocycles. The zero-order chi connectivity index (χ0) is 14.4. The molecule has 1 fully saturated rings. The zero-order valence-electron chi connectivity index (χ0n) is 12.2. The third-order valence-electron chi connectivity index (χ3n) is 4.27. The summed E-state index contributed by atoms with van der Waals surface area (Å²) in [6, 6.07) is -0.815. The summed E-state index contributed by atoms with van der Waals surface area (Å²) < 4.78 is 0. The van der Waals surface area contributed by atoms with E-state index in [1.54, 1.807) is 18.9 Å². The Morgan fingerprint density at radius 3 is 2.26 bits per heavy atom. The van der Waals surface area contributed by atoms with E-state index in [4.69, 9.17) is 5.11 Å². The molecule has 19 heavy (non-hydrogen) atoms. The normalized spacial score (nSPS) is 24.6. The van der Waals surface area contributed by atoms with Crippen molar-refractivity contribution in [2.24, 2.45) is 5.92 Å². The molecular weight excluding hydrogens is 244 g/mol. The molecule has 5 nitrogen and oxygen atoms in total. The molecule has 5 heteroatoms. The van der Waals surface area contributed by atoms with Gasteiger partial charge < -0.3 is 15.3 Å². The summed E-state index contributed by atoms with van der Waals surface area (Å²) in [5.41, 5.74) is 0. The van der Waals surface area contributed by atoms with Crippen molar-refractivity contribution in [3.63, 3.8) is 0 Å². The van der Waals surface area contributed by atoms with E-state index < -0.39 is 12.0 Å². The number of aliphatic carboxylic acids is 1. The fraction of sp³-hybridized carbons (Fsp3) is 0.857. The van der Waals surface area contributed by atoms with Crippen molar-refractivity contribution >= 4 is 12.0 Å². The quantitative estimate of drug-likeness (QED) is 0.806. The van der Waals surface area contributed by atoms with Crippen LogP contribution >= 0.6 is 0 Å². The van der Waals surface area contributed by atoms with Gasteiger partial charge in [0.2, 0.25) is 0 Å². The summed E-state index contributed by atoms with van der Waals surface area (Å²) in [6.45, 7) is 3.96. The molecule has 0 aromatic carbocycles. The van der Waals surface area contributed by atoms with Crippen LogP contribution < -0.4 is 5.32 Å². The van der Waals surface area contributed by atoms with Crippen LogP contribution in [0.3, 0.4) is 0 Å². The van der Waals surface area contributed by atoms with Crippen molar-refractivity contribution in [2.75, 3.05) is 7.05 Å². The Balaban J connectivity index is 2.46. The van der Waals surface area contributed by atoms with Gasteiger partial charge in [0, 0.05) is 13.1 Å². The van der Waals surface area contributed by atoms with Gasteiger partial charge in [-0.3, -0.25) is 0 Å². The lowest BCUT2D eigenvalue weighted by molar-refractivity contribution is -0.139. The minimum absolute atomic E-state index is 0.245. The van der Waals surface area contributed by atoms with Crippen molar-refractivity contribution in [2.45, 2.75) is 64.5 Å². The standard InChI is InChI=1S/C14H26N2O3/c1-4-10-6-8-11(9-7-10)16(3)14(19)15-12(5-2)13(17)18/h10-12H,4-9H2,1-3H3,(H,15,19)(H,17,18)/t10?,11?,12-/m1/s1. The first-order valence-electron chi connectivity index (χ1n) is 7.25. The number of carboxylic acids is 1. The van der Waals surface area contributed by atoms with Crippen LogP contribution in [0.2, 0.25) is 0 Å². The Hall–Kier alpha value is -1.26. The fourth-order valence-corrected chi connectivity index (χ4v) is 2.70. The molecule has 0 unspecified atom stereocenters. The van der Waals surface area contributed by atoms with E-state index >= 15 is 0 Å². The molecular formula is C14H26N2O3. The number of carbonyl (C=O) groups is 2. The topological polar surface area (TPSA) is 69.6 Å². The third kappa shape index (κ3) is 4.40. The van der Waals surface area contributed by atoms with Gasteiger partial charge in [0.05, 0.1) is 0 Å². The van der Waals surface area contributed by atoms with Crippen LogP contribution in [-0.4, -0.2) is 41.1 Å². The van der Waals surface area contributed by atoms with Crippen LogP contribution in [-0.2, 0) is 4.79 Å². The van der Waals surface area contributed by atoms with E-state index in [1.165, 1.54) is 6.42 Å². The zero-order valence-corrected chi connectivity index (χ0v) is 12.2. The molecule has 0 heterocycles. The highest BCUT2D eigenvalue weighted by Gasteiger charge is 2.27. The highest BCUT2D eigenvalue weighted by molar-refractivity contribution is 5.82. The summed E-state index contributed by atoms with van der Waals surface area (Å²) in [7, 11) is 1.76. The Morgan fingerprint density at radius 1 is 1.26 bits per heavy atom. The second kappa shape index (κ2) is 7.36. The molecule has 2 N–H and O–H groups in total. The number of hydrogen-bond acceptors (Lipinski definition) is 2. The molecule has 2 amide bonds. The van der Waals surface area contributed by atoms with E-state index in [9.17, 15) is 9.59 Å². The average Bonchev–Trinajstić information content (AvgIpc) is 2.43. The van der Waals surface area contributed by atoms with Gasteiger partial charge >= 0.3 is 12.0 Å². The largest absolute Gasteiger partial charge is 0.480 e. The molecule has 110 valence electrons. The molecule has 0 radical (unpaired) electrons. The summed E-state index contributed by atoms with van der Waals surface area (Å²) in [5, 5.41) is 11.5. The Bertz CT molecular complexity index is 312. The monoisotopic (exact) mass is 270 g/mol. The van der Waals surface area contributed by atoms with Crippen LogP contribution in [0.15, 0.2) is 0 Å². The van der Waals surface area contributed by atoms with E-state index in [0.717, 1.165) is 31.6 Å². The molecule has 0 aliphatic heterocycles. The lowest BCUT2D eigenvalue weighted by Crippen LogP contribution is -2.50. The van der Waals surface area contributed by atoms with E-state index in [1.807, 2.05) is 0 Å². The number of nitrogens with one attached hydrogen (secondary N) is 1. The minimum Gasteiger partial charge on any atom is -0.480 e. The number of amides is 2. The number of carboxylic acid groups (broad SMARTS) is 1. The maximum atomic E-state index is 12.0. The molecule has 1 aliphatic carbocycles. The molecule has 1 atom stereocenters. The Kier molecular flexibility index (Phi) is 6.12. The van der Waals surface area contributed by atoms with Gasteiger partial charge in [-0.2, -0.15) is 0 Å². The van der Waals surface area contributed by atoms with Gasteiger partial charge in [0.1, 0.15) is 6.04 Å².